The molecule has 5 heteroatoms. The second-order valence-corrected chi connectivity index (χ2v) is 4.14. The van der Waals surface area contributed by atoms with E-state index in [0.717, 1.165) is 24.7 Å². The fourth-order valence-corrected chi connectivity index (χ4v) is 2.02. The third kappa shape index (κ3) is 3.34. The highest BCUT2D eigenvalue weighted by molar-refractivity contribution is 7.99. The summed E-state index contributed by atoms with van der Waals surface area (Å²) in [5.41, 5.74) is 0. The van der Waals surface area contributed by atoms with E-state index in [4.69, 9.17) is 0 Å². The van der Waals surface area contributed by atoms with Crippen LogP contribution in [0.4, 0.5) is 14.6 Å². The number of halogens is 2. The SMILES string of the molecule is CCCCSc1nc(NC)c(F)cc1F. The molecule has 1 rings (SSSR count). The number of thioether (sulfide) groups is 1. The fraction of sp³-hybridized carbons (Fsp3) is 0.500. The smallest absolute Gasteiger partial charge is 0.168 e. The van der Waals surface area contributed by atoms with Gasteiger partial charge in [-0.1, -0.05) is 13.3 Å². The summed E-state index contributed by atoms with van der Waals surface area (Å²) < 4.78 is 26.3. The highest BCUT2D eigenvalue weighted by atomic mass is 32.2. The molecule has 0 bridgehead atoms. The normalized spacial score (nSPS) is 10.4. The molecule has 0 aliphatic carbocycles. The lowest BCUT2D eigenvalue weighted by atomic mass is 10.4. The zero-order chi connectivity index (χ0) is 11.3. The Morgan fingerprint density at radius 1 is 1.40 bits per heavy atom. The van der Waals surface area contributed by atoms with Crippen LogP contribution in [0.3, 0.4) is 0 Å². The molecule has 0 saturated carbocycles. The van der Waals surface area contributed by atoms with E-state index in [0.29, 0.717) is 0 Å². The van der Waals surface area contributed by atoms with E-state index in [9.17, 15) is 8.78 Å². The zero-order valence-corrected chi connectivity index (χ0v) is 9.63. The molecule has 1 heterocycles. The number of nitrogens with one attached hydrogen (secondary N) is 1. The Bertz CT molecular complexity index is 331. The molecule has 0 aliphatic rings. The van der Waals surface area contributed by atoms with E-state index >= 15 is 0 Å². The second kappa shape index (κ2) is 5.90. The predicted octanol–water partition coefficient (Wildman–Crippen LogP) is 3.29. The van der Waals surface area contributed by atoms with Gasteiger partial charge in [0.2, 0.25) is 0 Å². The lowest BCUT2D eigenvalue weighted by Gasteiger charge is -2.06. The van der Waals surface area contributed by atoms with Gasteiger partial charge >= 0.3 is 0 Å². The average Bonchev–Trinajstić information content (AvgIpc) is 2.21. The summed E-state index contributed by atoms with van der Waals surface area (Å²) in [4.78, 5) is 3.86. The first-order valence-electron chi connectivity index (χ1n) is 4.85. The van der Waals surface area contributed by atoms with Gasteiger partial charge in [0.25, 0.3) is 0 Å². The van der Waals surface area contributed by atoms with Gasteiger partial charge in [0.05, 0.1) is 0 Å². The van der Waals surface area contributed by atoms with Gasteiger partial charge < -0.3 is 5.32 Å². The highest BCUT2D eigenvalue weighted by Crippen LogP contribution is 2.24. The molecule has 2 nitrogen and oxygen atoms in total. The Morgan fingerprint density at radius 3 is 2.73 bits per heavy atom. The Kier molecular flexibility index (Phi) is 4.81. The second-order valence-electron chi connectivity index (χ2n) is 3.06. The lowest BCUT2D eigenvalue weighted by Crippen LogP contribution is -2.00. The van der Waals surface area contributed by atoms with E-state index in [1.807, 2.05) is 0 Å². The first-order valence-corrected chi connectivity index (χ1v) is 5.84. The van der Waals surface area contributed by atoms with Gasteiger partial charge in [0, 0.05) is 13.1 Å². The molecule has 0 aromatic carbocycles. The maximum atomic E-state index is 13.2. The van der Waals surface area contributed by atoms with Crippen LogP contribution in [0.1, 0.15) is 19.8 Å². The maximum absolute atomic E-state index is 13.2. The molecule has 0 amide bonds. The van der Waals surface area contributed by atoms with E-state index in [2.05, 4.69) is 17.2 Å². The van der Waals surface area contributed by atoms with Crippen molar-refractivity contribution in [3.05, 3.63) is 17.7 Å². The summed E-state index contributed by atoms with van der Waals surface area (Å²) in [6, 6.07) is 0.868. The number of unbranched alkanes of at least 4 members (excludes halogenated alkanes) is 1. The van der Waals surface area contributed by atoms with Crippen LogP contribution in [0.2, 0.25) is 0 Å². The Morgan fingerprint density at radius 2 is 2.13 bits per heavy atom. The zero-order valence-electron chi connectivity index (χ0n) is 8.81. The van der Waals surface area contributed by atoms with E-state index < -0.39 is 11.6 Å². The van der Waals surface area contributed by atoms with Crippen LogP contribution in [-0.4, -0.2) is 17.8 Å². The number of rotatable bonds is 5. The molecule has 15 heavy (non-hydrogen) atoms. The molecule has 0 saturated heterocycles. The van der Waals surface area contributed by atoms with Crippen molar-refractivity contribution in [2.75, 3.05) is 18.1 Å². The van der Waals surface area contributed by atoms with Gasteiger partial charge in [0.15, 0.2) is 17.5 Å². The number of anilines is 1. The molecule has 1 aromatic heterocycles. The molecular weight excluding hydrogens is 218 g/mol. The van der Waals surface area contributed by atoms with Gasteiger partial charge in [-0.25, -0.2) is 13.8 Å². The molecular formula is C10H14F2N2S. The number of hydrogen-bond donors (Lipinski definition) is 1. The Hall–Kier alpha value is -0.840. The standard InChI is InChI=1S/C10H14F2N2S/c1-3-4-5-15-10-8(12)6-7(11)9(13-2)14-10/h6H,3-5H2,1-2H3,(H,13,14). The third-order valence-corrected chi connectivity index (χ3v) is 2.92. The van der Waals surface area contributed by atoms with Crippen molar-refractivity contribution in [3.63, 3.8) is 0 Å². The topological polar surface area (TPSA) is 24.9 Å². The van der Waals surface area contributed by atoms with Crippen LogP contribution in [0.25, 0.3) is 0 Å². The minimum absolute atomic E-state index is 0.0930. The van der Waals surface area contributed by atoms with Crippen LogP contribution in [0.15, 0.2) is 11.1 Å². The lowest BCUT2D eigenvalue weighted by molar-refractivity contribution is 0.551. The minimum atomic E-state index is -0.658. The van der Waals surface area contributed by atoms with Crippen molar-refractivity contribution < 1.29 is 8.78 Å². The largest absolute Gasteiger partial charge is 0.371 e. The molecule has 0 radical (unpaired) electrons. The van der Waals surface area contributed by atoms with Crippen molar-refractivity contribution >= 4 is 17.6 Å². The van der Waals surface area contributed by atoms with Gasteiger partial charge in [-0.05, 0) is 12.2 Å². The quantitative estimate of drug-likeness (QED) is 0.623. The number of pyridine rings is 1. The molecule has 0 unspecified atom stereocenters. The molecule has 1 aromatic rings. The van der Waals surface area contributed by atoms with Gasteiger partial charge in [-0.15, -0.1) is 11.8 Å². The van der Waals surface area contributed by atoms with Gasteiger partial charge in [0.1, 0.15) is 5.03 Å². The van der Waals surface area contributed by atoms with Crippen molar-refractivity contribution in [2.24, 2.45) is 0 Å². The van der Waals surface area contributed by atoms with E-state index in [1.165, 1.54) is 11.8 Å². The summed E-state index contributed by atoms with van der Waals surface area (Å²) in [6.45, 7) is 2.06. The van der Waals surface area contributed by atoms with Crippen LogP contribution in [0.5, 0.6) is 0 Å². The summed E-state index contributed by atoms with van der Waals surface area (Å²) in [6.07, 6.45) is 2.05. The highest BCUT2D eigenvalue weighted by Gasteiger charge is 2.10. The molecule has 84 valence electrons. The summed E-state index contributed by atoms with van der Waals surface area (Å²) >= 11 is 1.32. The molecule has 0 fully saturated rings. The summed E-state index contributed by atoms with van der Waals surface area (Å²) in [5, 5.41) is 2.85. The maximum Gasteiger partial charge on any atom is 0.168 e. The first-order chi connectivity index (χ1) is 7.19. The monoisotopic (exact) mass is 232 g/mol. The van der Waals surface area contributed by atoms with Gasteiger partial charge in [-0.3, -0.25) is 0 Å². The van der Waals surface area contributed by atoms with Crippen molar-refractivity contribution in [3.8, 4) is 0 Å². The number of aromatic nitrogens is 1. The average molecular weight is 232 g/mol. The summed E-state index contributed by atoms with van der Waals surface area (Å²) in [5.74, 6) is -0.354. The molecule has 1 N–H and O–H groups in total. The van der Waals surface area contributed by atoms with E-state index in [1.54, 1.807) is 7.05 Å². The Labute approximate surface area is 92.5 Å². The Balaban J connectivity index is 2.78. The van der Waals surface area contributed by atoms with Crippen LogP contribution >= 0.6 is 11.8 Å². The number of nitrogens with zero attached hydrogens (tertiary/aromatic N) is 1. The number of hydrogen-bond acceptors (Lipinski definition) is 3. The predicted molar refractivity (Wildman–Crippen MR) is 59.3 cm³/mol. The summed E-state index contributed by atoms with van der Waals surface area (Å²) in [7, 11) is 1.56. The molecule has 0 aliphatic heterocycles. The minimum Gasteiger partial charge on any atom is -0.371 e. The van der Waals surface area contributed by atoms with Crippen LogP contribution < -0.4 is 5.32 Å². The van der Waals surface area contributed by atoms with Crippen LogP contribution in [0, 0.1) is 11.6 Å². The van der Waals surface area contributed by atoms with Crippen molar-refractivity contribution in [1.82, 2.24) is 4.98 Å². The van der Waals surface area contributed by atoms with Crippen LogP contribution in [-0.2, 0) is 0 Å². The molecule has 0 spiro atoms. The van der Waals surface area contributed by atoms with Crippen molar-refractivity contribution in [1.29, 1.82) is 0 Å². The first kappa shape index (κ1) is 12.2. The third-order valence-electron chi connectivity index (χ3n) is 1.87. The van der Waals surface area contributed by atoms with Crippen molar-refractivity contribution in [2.45, 2.75) is 24.8 Å². The van der Waals surface area contributed by atoms with Gasteiger partial charge in [-0.2, -0.15) is 0 Å². The fourth-order valence-electron chi connectivity index (χ4n) is 1.04. The van der Waals surface area contributed by atoms with E-state index in [-0.39, 0.29) is 10.8 Å². The molecule has 0 atom stereocenters.